The number of para-hydroxylation sites is 1. The van der Waals surface area contributed by atoms with Crippen LogP contribution in [0, 0.1) is 0 Å². The quantitative estimate of drug-likeness (QED) is 0.500. The van der Waals surface area contributed by atoms with Crippen LogP contribution < -0.4 is 4.90 Å². The number of H-pyrrole nitrogens is 1. The van der Waals surface area contributed by atoms with E-state index in [0.29, 0.717) is 6.04 Å². The van der Waals surface area contributed by atoms with Gasteiger partial charge < -0.3 is 14.8 Å². The second-order valence-electron chi connectivity index (χ2n) is 8.04. The number of aromatic amines is 1. The average molecular weight is 395 g/mol. The first-order chi connectivity index (χ1) is 14.7. The molecule has 3 aromatic carbocycles. The Hall–Kier alpha value is -3.53. The minimum Gasteiger partial charge on any atom is -0.363 e. The van der Waals surface area contributed by atoms with Crippen LogP contribution in [-0.2, 0) is 13.1 Å². The molecule has 1 N–H and O–H groups in total. The van der Waals surface area contributed by atoms with Crippen molar-refractivity contribution in [2.45, 2.75) is 26.1 Å². The molecule has 150 valence electrons. The molecular formula is C26H26N4. The van der Waals surface area contributed by atoms with Gasteiger partial charge in [0.05, 0.1) is 18.6 Å². The highest BCUT2D eigenvalue weighted by Crippen LogP contribution is 2.34. The fourth-order valence-corrected chi connectivity index (χ4v) is 4.53. The molecule has 4 heteroatoms. The second kappa shape index (κ2) is 7.71. The highest BCUT2D eigenvalue weighted by atomic mass is 15.3. The Morgan fingerprint density at radius 3 is 2.73 bits per heavy atom. The van der Waals surface area contributed by atoms with Crippen molar-refractivity contribution >= 4 is 22.2 Å². The zero-order chi connectivity index (χ0) is 20.5. The summed E-state index contributed by atoms with van der Waals surface area (Å²) in [5, 5.41) is 2.50. The van der Waals surface area contributed by atoms with Crippen molar-refractivity contribution in [3.63, 3.8) is 0 Å². The third-order valence-corrected chi connectivity index (χ3v) is 6.05. The van der Waals surface area contributed by atoms with E-state index in [1.165, 1.54) is 27.6 Å². The number of hydrogen-bond donors (Lipinski definition) is 1. The van der Waals surface area contributed by atoms with Crippen LogP contribution in [-0.4, -0.2) is 27.5 Å². The summed E-state index contributed by atoms with van der Waals surface area (Å²) in [5.74, 6) is 0. The molecule has 1 aliphatic rings. The minimum absolute atomic E-state index is 0.312. The number of benzene rings is 3. The molecule has 5 rings (SSSR count). The number of imidazole rings is 1. The molecule has 0 aliphatic carbocycles. The lowest BCUT2D eigenvalue weighted by atomic mass is 10.0. The standard InChI is InChI=1S/C26H26N4/c1-19-15-29(17-23-14-27-18-28-23)26-13-6-4-9-22(26)16-30(19)20(2)24-12-7-10-21-8-3-5-11-25(21)24/h3-14,18-19H,2,15-17H2,1H3,(H,27,28). The Labute approximate surface area is 177 Å². The van der Waals surface area contributed by atoms with Gasteiger partial charge in [-0.2, -0.15) is 0 Å². The van der Waals surface area contributed by atoms with E-state index < -0.39 is 0 Å². The van der Waals surface area contributed by atoms with Gasteiger partial charge >= 0.3 is 0 Å². The number of rotatable bonds is 4. The first-order valence-corrected chi connectivity index (χ1v) is 10.4. The molecule has 1 unspecified atom stereocenters. The van der Waals surface area contributed by atoms with Gasteiger partial charge in [-0.1, -0.05) is 67.2 Å². The van der Waals surface area contributed by atoms with Gasteiger partial charge in [-0.15, -0.1) is 0 Å². The van der Waals surface area contributed by atoms with Gasteiger partial charge in [0, 0.05) is 42.3 Å². The monoisotopic (exact) mass is 394 g/mol. The maximum Gasteiger partial charge on any atom is 0.0922 e. The number of fused-ring (bicyclic) bond motifs is 2. The maximum absolute atomic E-state index is 4.56. The van der Waals surface area contributed by atoms with E-state index in [9.17, 15) is 0 Å². The zero-order valence-electron chi connectivity index (χ0n) is 17.3. The van der Waals surface area contributed by atoms with Crippen LogP contribution >= 0.6 is 0 Å². The van der Waals surface area contributed by atoms with Crippen LogP contribution in [0.3, 0.4) is 0 Å². The zero-order valence-corrected chi connectivity index (χ0v) is 17.3. The molecule has 0 fully saturated rings. The summed E-state index contributed by atoms with van der Waals surface area (Å²) in [5.41, 5.74) is 6.02. The maximum atomic E-state index is 4.56. The Bertz CT molecular complexity index is 1170. The van der Waals surface area contributed by atoms with Crippen LogP contribution in [0.25, 0.3) is 16.5 Å². The van der Waals surface area contributed by atoms with Crippen molar-refractivity contribution in [2.75, 3.05) is 11.4 Å². The molecule has 2 heterocycles. The smallest absolute Gasteiger partial charge is 0.0922 e. The Balaban J connectivity index is 1.52. The summed E-state index contributed by atoms with van der Waals surface area (Å²) in [6.45, 7) is 9.43. The Morgan fingerprint density at radius 2 is 1.87 bits per heavy atom. The van der Waals surface area contributed by atoms with Crippen molar-refractivity contribution < 1.29 is 0 Å². The van der Waals surface area contributed by atoms with Crippen LogP contribution in [0.4, 0.5) is 5.69 Å². The molecule has 0 spiro atoms. The fraction of sp³-hybridized carbons (Fsp3) is 0.192. The van der Waals surface area contributed by atoms with Crippen LogP contribution in [0.2, 0.25) is 0 Å². The summed E-state index contributed by atoms with van der Waals surface area (Å²) in [7, 11) is 0. The van der Waals surface area contributed by atoms with E-state index in [1.54, 1.807) is 6.33 Å². The number of nitrogens with one attached hydrogen (secondary N) is 1. The lowest BCUT2D eigenvalue weighted by Crippen LogP contribution is -2.38. The molecule has 0 bridgehead atoms. The Kier molecular flexibility index (Phi) is 4.75. The molecule has 1 aliphatic heterocycles. The first kappa shape index (κ1) is 18.5. The number of nitrogens with zero attached hydrogens (tertiary/aromatic N) is 3. The predicted molar refractivity (Wildman–Crippen MR) is 124 cm³/mol. The van der Waals surface area contributed by atoms with Gasteiger partial charge in [-0.25, -0.2) is 4.98 Å². The topological polar surface area (TPSA) is 35.2 Å². The van der Waals surface area contributed by atoms with E-state index in [0.717, 1.165) is 31.0 Å². The SMILES string of the molecule is C=C(c1cccc2ccccc12)N1Cc2ccccc2N(Cc2cnc[nH]2)CC1C. The summed E-state index contributed by atoms with van der Waals surface area (Å²) >= 11 is 0. The summed E-state index contributed by atoms with van der Waals surface area (Å²) in [6.07, 6.45) is 3.65. The molecule has 1 aromatic heterocycles. The van der Waals surface area contributed by atoms with E-state index in [-0.39, 0.29) is 0 Å². The third-order valence-electron chi connectivity index (χ3n) is 6.05. The van der Waals surface area contributed by atoms with Gasteiger partial charge in [-0.3, -0.25) is 0 Å². The van der Waals surface area contributed by atoms with Gasteiger partial charge in [-0.05, 0) is 29.3 Å². The normalized spacial score (nSPS) is 16.4. The largest absolute Gasteiger partial charge is 0.363 e. The van der Waals surface area contributed by atoms with Gasteiger partial charge in [0.2, 0.25) is 0 Å². The first-order valence-electron chi connectivity index (χ1n) is 10.4. The fourth-order valence-electron chi connectivity index (χ4n) is 4.53. The molecule has 0 saturated heterocycles. The summed E-state index contributed by atoms with van der Waals surface area (Å²) in [6, 6.07) is 24.1. The molecule has 1 atom stereocenters. The highest BCUT2D eigenvalue weighted by Gasteiger charge is 2.27. The van der Waals surface area contributed by atoms with E-state index in [4.69, 9.17) is 0 Å². The second-order valence-corrected chi connectivity index (χ2v) is 8.04. The van der Waals surface area contributed by atoms with Gasteiger partial charge in [0.1, 0.15) is 0 Å². The molecule has 0 amide bonds. The number of anilines is 1. The average Bonchev–Trinajstić information content (AvgIpc) is 3.24. The molecule has 4 aromatic rings. The van der Waals surface area contributed by atoms with Crippen molar-refractivity contribution in [1.29, 1.82) is 0 Å². The van der Waals surface area contributed by atoms with Gasteiger partial charge in [0.25, 0.3) is 0 Å². The Morgan fingerprint density at radius 1 is 1.07 bits per heavy atom. The van der Waals surface area contributed by atoms with Crippen molar-refractivity contribution in [1.82, 2.24) is 14.9 Å². The summed E-state index contributed by atoms with van der Waals surface area (Å²) in [4.78, 5) is 12.3. The van der Waals surface area contributed by atoms with Crippen LogP contribution in [0.1, 0.15) is 23.7 Å². The minimum atomic E-state index is 0.312. The predicted octanol–water partition coefficient (Wildman–Crippen LogP) is 5.44. The number of hydrogen-bond acceptors (Lipinski definition) is 3. The lowest BCUT2D eigenvalue weighted by Gasteiger charge is -2.33. The summed E-state index contributed by atoms with van der Waals surface area (Å²) < 4.78 is 0. The molecular weight excluding hydrogens is 368 g/mol. The molecule has 4 nitrogen and oxygen atoms in total. The van der Waals surface area contributed by atoms with Crippen LogP contribution in [0.5, 0.6) is 0 Å². The van der Waals surface area contributed by atoms with Crippen molar-refractivity contribution in [3.05, 3.63) is 103 Å². The number of aromatic nitrogens is 2. The van der Waals surface area contributed by atoms with Crippen LogP contribution in [0.15, 0.2) is 85.8 Å². The molecule has 0 radical (unpaired) electrons. The van der Waals surface area contributed by atoms with Crippen molar-refractivity contribution in [2.24, 2.45) is 0 Å². The van der Waals surface area contributed by atoms with Gasteiger partial charge in [0.15, 0.2) is 0 Å². The van der Waals surface area contributed by atoms with E-state index in [1.807, 2.05) is 6.20 Å². The van der Waals surface area contributed by atoms with E-state index in [2.05, 4.69) is 100 Å². The van der Waals surface area contributed by atoms with E-state index >= 15 is 0 Å². The lowest BCUT2D eigenvalue weighted by molar-refractivity contribution is 0.314. The molecule has 0 saturated carbocycles. The molecule has 30 heavy (non-hydrogen) atoms. The third kappa shape index (κ3) is 3.35. The van der Waals surface area contributed by atoms with Crippen molar-refractivity contribution in [3.8, 4) is 0 Å². The highest BCUT2D eigenvalue weighted by molar-refractivity contribution is 5.93.